The van der Waals surface area contributed by atoms with Crippen molar-refractivity contribution < 1.29 is 14.3 Å². The summed E-state index contributed by atoms with van der Waals surface area (Å²) in [5.41, 5.74) is 1.02. The number of methoxy groups -OCH3 is 1. The zero-order chi connectivity index (χ0) is 18.6. The molecule has 1 heterocycles. The van der Waals surface area contributed by atoms with E-state index in [9.17, 15) is 4.79 Å². The van der Waals surface area contributed by atoms with E-state index in [1.54, 1.807) is 49.4 Å². The summed E-state index contributed by atoms with van der Waals surface area (Å²) in [5, 5.41) is 0. The van der Waals surface area contributed by atoms with Gasteiger partial charge in [-0.1, -0.05) is 25.1 Å². The monoisotopic (exact) mass is 367 g/mol. The molecular weight excluding hydrogens is 346 g/mol. The van der Waals surface area contributed by atoms with Gasteiger partial charge in [-0.3, -0.25) is 4.99 Å². The Morgan fingerprint density at radius 1 is 1.15 bits per heavy atom. The molecule has 5 heteroatoms. The quantitative estimate of drug-likeness (QED) is 0.424. The molecule has 0 aromatic heterocycles. The molecule has 0 N–H and O–H groups in total. The summed E-state index contributed by atoms with van der Waals surface area (Å²) in [6.45, 7) is 2.06. The first-order chi connectivity index (χ1) is 12.6. The minimum absolute atomic E-state index is 0.418. The van der Waals surface area contributed by atoms with Gasteiger partial charge in [0, 0.05) is 17.2 Å². The van der Waals surface area contributed by atoms with Gasteiger partial charge < -0.3 is 9.47 Å². The summed E-state index contributed by atoms with van der Waals surface area (Å²) in [7, 11) is 1.57. The highest BCUT2D eigenvalue weighted by atomic mass is 32.2. The maximum Gasteiger partial charge on any atom is 0.344 e. The third kappa shape index (κ3) is 3.68. The van der Waals surface area contributed by atoms with Gasteiger partial charge in [0.1, 0.15) is 17.0 Å². The van der Waals surface area contributed by atoms with E-state index >= 15 is 0 Å². The van der Waals surface area contributed by atoms with Gasteiger partial charge in [-0.05, 0) is 48.6 Å². The van der Waals surface area contributed by atoms with Crippen LogP contribution in [0.25, 0.3) is 0 Å². The Morgan fingerprint density at radius 3 is 2.54 bits per heavy atom. The number of thioether (sulfide) groups is 1. The normalized spacial score (nSPS) is 18.5. The van der Waals surface area contributed by atoms with Crippen LogP contribution in [0, 0.1) is 0 Å². The van der Waals surface area contributed by atoms with Crippen molar-refractivity contribution in [3.63, 3.8) is 0 Å². The molecule has 4 nitrogen and oxygen atoms in total. The number of rotatable bonds is 6. The number of ether oxygens (including phenoxy) is 2. The van der Waals surface area contributed by atoms with E-state index in [1.807, 2.05) is 12.3 Å². The molecule has 1 atom stereocenters. The fourth-order valence-corrected chi connectivity index (χ4v) is 3.30. The highest BCUT2D eigenvalue weighted by Crippen LogP contribution is 2.36. The minimum atomic E-state index is -0.514. The predicted octanol–water partition coefficient (Wildman–Crippen LogP) is 4.64. The van der Waals surface area contributed by atoms with E-state index in [2.05, 4.69) is 36.2 Å². The van der Waals surface area contributed by atoms with E-state index < -0.39 is 11.5 Å². The summed E-state index contributed by atoms with van der Waals surface area (Å²) in [4.78, 5) is 18.4. The summed E-state index contributed by atoms with van der Waals surface area (Å²) < 4.78 is 10.6. The second kappa shape index (κ2) is 7.79. The molecule has 134 valence electrons. The van der Waals surface area contributed by atoms with Crippen molar-refractivity contribution in [3.8, 4) is 11.5 Å². The Bertz CT molecular complexity index is 858. The van der Waals surface area contributed by atoms with Crippen LogP contribution in [0.2, 0.25) is 0 Å². The fourth-order valence-electron chi connectivity index (χ4n) is 2.89. The molecule has 1 aliphatic heterocycles. The Hall–Kier alpha value is -2.53. The SMILES string of the molecule is CCC1(c2ccc(SC)cc2)C=C(C(=O)Oc2cccc(OC)c2)C=N1. The van der Waals surface area contributed by atoms with Crippen LogP contribution >= 0.6 is 11.8 Å². The maximum absolute atomic E-state index is 12.5. The average Bonchev–Trinajstić information content (AvgIpc) is 3.14. The molecule has 0 aliphatic carbocycles. The van der Waals surface area contributed by atoms with Crippen LogP contribution in [0.4, 0.5) is 0 Å². The van der Waals surface area contributed by atoms with Gasteiger partial charge in [0.15, 0.2) is 0 Å². The Kier molecular flexibility index (Phi) is 5.47. The van der Waals surface area contributed by atoms with Gasteiger partial charge in [0.05, 0.1) is 12.7 Å². The third-order valence-electron chi connectivity index (χ3n) is 4.44. The number of nitrogens with zero attached hydrogens (tertiary/aromatic N) is 1. The van der Waals surface area contributed by atoms with Crippen LogP contribution in [-0.4, -0.2) is 25.5 Å². The van der Waals surface area contributed by atoms with Crippen molar-refractivity contribution in [2.45, 2.75) is 23.8 Å². The van der Waals surface area contributed by atoms with Crippen LogP contribution in [0.5, 0.6) is 11.5 Å². The van der Waals surface area contributed by atoms with Crippen molar-refractivity contribution in [1.82, 2.24) is 0 Å². The molecule has 3 rings (SSSR count). The second-order valence-corrected chi connectivity index (χ2v) is 6.81. The van der Waals surface area contributed by atoms with E-state index in [4.69, 9.17) is 9.47 Å². The van der Waals surface area contributed by atoms with Crippen LogP contribution in [0.1, 0.15) is 18.9 Å². The first-order valence-corrected chi connectivity index (χ1v) is 9.61. The lowest BCUT2D eigenvalue weighted by Gasteiger charge is -2.23. The van der Waals surface area contributed by atoms with Crippen LogP contribution in [-0.2, 0) is 10.3 Å². The molecule has 0 spiro atoms. The number of hydrogen-bond acceptors (Lipinski definition) is 5. The first kappa shape index (κ1) is 18.3. The highest BCUT2D eigenvalue weighted by molar-refractivity contribution is 7.98. The molecule has 0 bridgehead atoms. The molecule has 1 unspecified atom stereocenters. The molecule has 1 aliphatic rings. The lowest BCUT2D eigenvalue weighted by molar-refractivity contribution is -0.129. The summed E-state index contributed by atoms with van der Waals surface area (Å²) in [6, 6.07) is 15.3. The average molecular weight is 367 g/mol. The van der Waals surface area contributed by atoms with Crippen LogP contribution in [0.3, 0.4) is 0 Å². The number of esters is 1. The minimum Gasteiger partial charge on any atom is -0.497 e. The summed E-state index contributed by atoms with van der Waals surface area (Å²) in [6.07, 6.45) is 6.31. The van der Waals surface area contributed by atoms with Crippen LogP contribution in [0.15, 0.2) is 70.1 Å². The summed E-state index contributed by atoms with van der Waals surface area (Å²) in [5.74, 6) is 0.668. The van der Waals surface area contributed by atoms with Gasteiger partial charge in [-0.2, -0.15) is 0 Å². The van der Waals surface area contributed by atoms with E-state index in [1.165, 1.54) is 4.90 Å². The van der Waals surface area contributed by atoms with Gasteiger partial charge >= 0.3 is 5.97 Å². The maximum atomic E-state index is 12.5. The number of hydrogen-bond donors (Lipinski definition) is 0. The van der Waals surface area contributed by atoms with Gasteiger partial charge in [0.2, 0.25) is 0 Å². The lowest BCUT2D eigenvalue weighted by atomic mass is 9.88. The van der Waals surface area contributed by atoms with Crippen molar-refractivity contribution in [1.29, 1.82) is 0 Å². The molecule has 0 saturated heterocycles. The molecule has 26 heavy (non-hydrogen) atoms. The molecule has 0 radical (unpaired) electrons. The molecular formula is C21H21NO3S. The number of carbonyl (C=O) groups excluding carboxylic acids is 1. The molecule has 0 saturated carbocycles. The van der Waals surface area contributed by atoms with Gasteiger partial charge in [-0.25, -0.2) is 4.79 Å². The van der Waals surface area contributed by atoms with Crippen molar-refractivity contribution in [2.75, 3.05) is 13.4 Å². The second-order valence-electron chi connectivity index (χ2n) is 5.93. The zero-order valence-corrected chi connectivity index (χ0v) is 15.9. The topological polar surface area (TPSA) is 47.9 Å². The van der Waals surface area contributed by atoms with Crippen LogP contribution < -0.4 is 9.47 Å². The number of carbonyl (C=O) groups is 1. The Labute approximate surface area is 157 Å². The lowest BCUT2D eigenvalue weighted by Crippen LogP contribution is -2.18. The number of benzene rings is 2. The van der Waals surface area contributed by atoms with E-state index in [0.29, 0.717) is 17.1 Å². The van der Waals surface area contributed by atoms with Gasteiger partial charge in [-0.15, -0.1) is 11.8 Å². The molecule has 2 aromatic rings. The Morgan fingerprint density at radius 2 is 1.88 bits per heavy atom. The van der Waals surface area contributed by atoms with Crippen molar-refractivity contribution in [3.05, 3.63) is 65.7 Å². The first-order valence-electron chi connectivity index (χ1n) is 8.39. The molecule has 0 amide bonds. The van der Waals surface area contributed by atoms with E-state index in [0.717, 1.165) is 12.0 Å². The zero-order valence-electron chi connectivity index (χ0n) is 15.1. The third-order valence-corrected chi connectivity index (χ3v) is 5.19. The molecule has 2 aromatic carbocycles. The highest BCUT2D eigenvalue weighted by Gasteiger charge is 2.33. The summed E-state index contributed by atoms with van der Waals surface area (Å²) >= 11 is 1.70. The molecule has 0 fully saturated rings. The number of aliphatic imine (C=N–C) groups is 1. The smallest absolute Gasteiger partial charge is 0.344 e. The largest absolute Gasteiger partial charge is 0.497 e. The van der Waals surface area contributed by atoms with Crippen molar-refractivity contribution in [2.24, 2.45) is 4.99 Å². The van der Waals surface area contributed by atoms with Crippen molar-refractivity contribution >= 4 is 23.9 Å². The van der Waals surface area contributed by atoms with Gasteiger partial charge in [0.25, 0.3) is 0 Å². The predicted molar refractivity (Wildman–Crippen MR) is 105 cm³/mol. The van der Waals surface area contributed by atoms with E-state index in [-0.39, 0.29) is 0 Å². The Balaban J connectivity index is 1.82. The standard InChI is InChI=1S/C21H21NO3S/c1-4-21(16-8-10-19(26-3)11-9-16)13-15(14-22-21)20(23)25-18-7-5-6-17(12-18)24-2/h5-14H,4H2,1-3H3. The fraction of sp³-hybridized carbons (Fsp3) is 0.238.